The van der Waals surface area contributed by atoms with E-state index in [0.717, 1.165) is 16.5 Å². The number of aromatic nitrogens is 3. The van der Waals surface area contributed by atoms with Gasteiger partial charge in [-0.3, -0.25) is 0 Å². The third kappa shape index (κ3) is 3.57. The Morgan fingerprint density at radius 2 is 1.88 bits per heavy atom. The van der Waals surface area contributed by atoms with Crippen molar-refractivity contribution in [2.75, 3.05) is 36.7 Å². The second-order valence-corrected chi connectivity index (χ2v) is 11.8. The van der Waals surface area contributed by atoms with Crippen LogP contribution in [0.4, 0.5) is 11.6 Å². The Morgan fingerprint density at radius 1 is 1.09 bits per heavy atom. The SMILES string of the molecule is C[C@@H]1COCC2COc3c(nc(-c4ccc5nc(N)ccc5c4)nc3C(C)(C)S(C)(=O)=O)N21. The average molecular weight is 470 g/mol. The summed E-state index contributed by atoms with van der Waals surface area (Å²) in [6.07, 6.45) is 1.22. The van der Waals surface area contributed by atoms with E-state index >= 15 is 0 Å². The Kier molecular flexibility index (Phi) is 4.98. The van der Waals surface area contributed by atoms with Gasteiger partial charge in [0, 0.05) is 17.2 Å². The zero-order valence-electron chi connectivity index (χ0n) is 19.1. The van der Waals surface area contributed by atoms with Gasteiger partial charge in [-0.2, -0.15) is 0 Å². The molecule has 0 spiro atoms. The molecule has 4 heterocycles. The molecule has 5 rings (SSSR count). The molecule has 10 heteroatoms. The van der Waals surface area contributed by atoms with Crippen molar-refractivity contribution in [3.05, 3.63) is 36.0 Å². The van der Waals surface area contributed by atoms with E-state index < -0.39 is 14.6 Å². The topological polar surface area (TPSA) is 121 Å². The van der Waals surface area contributed by atoms with Gasteiger partial charge in [0.1, 0.15) is 22.9 Å². The number of nitrogens with zero attached hydrogens (tertiary/aromatic N) is 4. The summed E-state index contributed by atoms with van der Waals surface area (Å²) in [5.74, 6) is 1.91. The molecule has 2 aliphatic heterocycles. The van der Waals surface area contributed by atoms with Crippen molar-refractivity contribution >= 4 is 32.4 Å². The molecule has 1 fully saturated rings. The van der Waals surface area contributed by atoms with Crippen molar-refractivity contribution in [3.8, 4) is 17.1 Å². The van der Waals surface area contributed by atoms with Crippen LogP contribution in [0, 0.1) is 0 Å². The average Bonchev–Trinajstić information content (AvgIpc) is 2.77. The van der Waals surface area contributed by atoms with E-state index in [0.29, 0.717) is 48.7 Å². The first-order valence-corrected chi connectivity index (χ1v) is 12.7. The van der Waals surface area contributed by atoms with E-state index in [-0.39, 0.29) is 12.1 Å². The smallest absolute Gasteiger partial charge is 0.185 e. The molecule has 2 atom stereocenters. The minimum absolute atomic E-state index is 0.00183. The Balaban J connectivity index is 1.75. The molecule has 33 heavy (non-hydrogen) atoms. The van der Waals surface area contributed by atoms with Crippen molar-refractivity contribution in [3.63, 3.8) is 0 Å². The minimum atomic E-state index is -3.51. The summed E-state index contributed by atoms with van der Waals surface area (Å²) in [5.41, 5.74) is 7.69. The number of ether oxygens (including phenoxy) is 2. The van der Waals surface area contributed by atoms with Crippen molar-refractivity contribution in [1.82, 2.24) is 15.0 Å². The number of benzene rings is 1. The lowest BCUT2D eigenvalue weighted by Crippen LogP contribution is -2.56. The molecule has 0 aliphatic carbocycles. The number of anilines is 2. The maximum atomic E-state index is 12.8. The Bertz CT molecular complexity index is 1360. The predicted molar refractivity (Wildman–Crippen MR) is 127 cm³/mol. The normalized spacial score (nSPS) is 20.8. The van der Waals surface area contributed by atoms with E-state index in [1.165, 1.54) is 6.26 Å². The zero-order chi connectivity index (χ0) is 23.5. The van der Waals surface area contributed by atoms with Gasteiger partial charge in [0.15, 0.2) is 27.2 Å². The molecule has 2 aromatic heterocycles. The molecule has 9 nitrogen and oxygen atoms in total. The standard InChI is InChI=1S/C23H27N5O4S/c1-13-10-31-11-16-12-32-19-20(23(2,3)33(4,29)30)26-21(27-22(19)28(13)16)15-5-7-17-14(9-15)6-8-18(24)25-17/h5-9,13,16H,10-12H2,1-4H3,(H2,24,25)/t13-,16?/m1/s1. The number of hydrogen-bond donors (Lipinski definition) is 1. The molecule has 174 valence electrons. The van der Waals surface area contributed by atoms with Crippen molar-refractivity contribution < 1.29 is 17.9 Å². The molecule has 3 aromatic rings. The van der Waals surface area contributed by atoms with E-state index in [9.17, 15) is 8.42 Å². The highest BCUT2D eigenvalue weighted by molar-refractivity contribution is 7.91. The highest BCUT2D eigenvalue weighted by Gasteiger charge is 2.43. The monoisotopic (exact) mass is 469 g/mol. The first kappa shape index (κ1) is 21.8. The van der Waals surface area contributed by atoms with E-state index in [2.05, 4.69) is 16.8 Å². The Hall–Kier alpha value is -2.98. The number of fused-ring (bicyclic) bond motifs is 4. The summed E-state index contributed by atoms with van der Waals surface area (Å²) in [5, 5.41) is 0.890. The molecule has 1 aromatic carbocycles. The van der Waals surface area contributed by atoms with Crippen molar-refractivity contribution in [2.45, 2.75) is 37.6 Å². The number of nitrogen functional groups attached to an aromatic ring is 1. The van der Waals surface area contributed by atoms with Gasteiger partial charge in [0.25, 0.3) is 0 Å². The third-order valence-electron chi connectivity index (χ3n) is 6.52. The predicted octanol–water partition coefficient (Wildman–Crippen LogP) is 2.54. The van der Waals surface area contributed by atoms with Gasteiger partial charge in [0.05, 0.1) is 30.8 Å². The molecule has 0 amide bonds. The lowest BCUT2D eigenvalue weighted by molar-refractivity contribution is 0.0482. The fraction of sp³-hybridized carbons (Fsp3) is 0.435. The molecule has 0 radical (unpaired) electrons. The molecule has 1 saturated heterocycles. The quantitative estimate of drug-likeness (QED) is 0.617. The van der Waals surface area contributed by atoms with Gasteiger partial charge >= 0.3 is 0 Å². The third-order valence-corrected chi connectivity index (χ3v) is 8.56. The van der Waals surface area contributed by atoms with Crippen LogP contribution in [-0.4, -0.2) is 61.5 Å². The fourth-order valence-electron chi connectivity index (χ4n) is 4.32. The number of hydrogen-bond acceptors (Lipinski definition) is 9. The maximum Gasteiger partial charge on any atom is 0.185 e. The first-order chi connectivity index (χ1) is 15.6. The van der Waals surface area contributed by atoms with Crippen LogP contribution in [0.25, 0.3) is 22.3 Å². The number of morpholine rings is 1. The summed E-state index contributed by atoms with van der Waals surface area (Å²) < 4.78 is 36.1. The molecular weight excluding hydrogens is 442 g/mol. The molecule has 2 aliphatic rings. The van der Waals surface area contributed by atoms with Gasteiger partial charge in [-0.1, -0.05) is 0 Å². The number of pyridine rings is 1. The lowest BCUT2D eigenvalue weighted by Gasteiger charge is -2.45. The first-order valence-electron chi connectivity index (χ1n) is 10.8. The van der Waals surface area contributed by atoms with Crippen LogP contribution in [0.5, 0.6) is 5.75 Å². The van der Waals surface area contributed by atoms with Crippen molar-refractivity contribution in [1.29, 1.82) is 0 Å². The van der Waals surface area contributed by atoms with Crippen LogP contribution >= 0.6 is 0 Å². The summed E-state index contributed by atoms with van der Waals surface area (Å²) >= 11 is 0. The van der Waals surface area contributed by atoms with Gasteiger partial charge in [-0.25, -0.2) is 23.4 Å². The van der Waals surface area contributed by atoms with Gasteiger partial charge < -0.3 is 20.1 Å². The van der Waals surface area contributed by atoms with Crippen molar-refractivity contribution in [2.24, 2.45) is 0 Å². The molecule has 0 bridgehead atoms. The maximum absolute atomic E-state index is 12.8. The van der Waals surface area contributed by atoms with Gasteiger partial charge in [-0.15, -0.1) is 0 Å². The Morgan fingerprint density at radius 3 is 2.64 bits per heavy atom. The lowest BCUT2D eigenvalue weighted by atomic mass is 10.0. The fourth-order valence-corrected chi connectivity index (χ4v) is 4.81. The zero-order valence-corrected chi connectivity index (χ0v) is 19.9. The van der Waals surface area contributed by atoms with Crippen LogP contribution in [0.15, 0.2) is 30.3 Å². The summed E-state index contributed by atoms with van der Waals surface area (Å²) in [4.78, 5) is 16.2. The van der Waals surface area contributed by atoms with E-state index in [4.69, 9.17) is 25.2 Å². The minimum Gasteiger partial charge on any atom is -0.486 e. The Labute approximate surface area is 192 Å². The van der Waals surface area contributed by atoms with Crippen LogP contribution in [0.1, 0.15) is 26.5 Å². The van der Waals surface area contributed by atoms with E-state index in [1.54, 1.807) is 19.9 Å². The summed E-state index contributed by atoms with van der Waals surface area (Å²) in [6, 6.07) is 9.37. The summed E-state index contributed by atoms with van der Waals surface area (Å²) in [7, 11) is -3.51. The van der Waals surface area contributed by atoms with Crippen LogP contribution in [0.3, 0.4) is 0 Å². The van der Waals surface area contributed by atoms with Crippen LogP contribution in [0.2, 0.25) is 0 Å². The molecular formula is C23H27N5O4S. The van der Waals surface area contributed by atoms with Gasteiger partial charge in [0.2, 0.25) is 0 Å². The second-order valence-electron chi connectivity index (χ2n) is 9.23. The second kappa shape index (κ2) is 7.53. The van der Waals surface area contributed by atoms with Crippen LogP contribution < -0.4 is 15.4 Å². The number of rotatable bonds is 3. The molecule has 1 unspecified atom stereocenters. The van der Waals surface area contributed by atoms with Gasteiger partial charge in [-0.05, 0) is 51.1 Å². The van der Waals surface area contributed by atoms with E-state index in [1.807, 2.05) is 24.3 Å². The molecule has 0 saturated carbocycles. The largest absolute Gasteiger partial charge is 0.486 e. The van der Waals surface area contributed by atoms with Crippen LogP contribution in [-0.2, 0) is 19.3 Å². The number of sulfone groups is 1. The number of nitrogens with two attached hydrogens (primary N) is 1. The highest BCUT2D eigenvalue weighted by atomic mass is 32.2. The highest BCUT2D eigenvalue weighted by Crippen LogP contribution is 2.44. The molecule has 2 N–H and O–H groups in total. The summed E-state index contributed by atoms with van der Waals surface area (Å²) in [6.45, 7) is 6.84.